The van der Waals surface area contributed by atoms with E-state index in [0.717, 1.165) is 42.7 Å². The summed E-state index contributed by atoms with van der Waals surface area (Å²) in [5, 5.41) is 0. The fourth-order valence-corrected chi connectivity index (χ4v) is 6.11. The van der Waals surface area contributed by atoms with Crippen molar-refractivity contribution >= 4 is 15.9 Å². The molecule has 0 aliphatic carbocycles. The van der Waals surface area contributed by atoms with Gasteiger partial charge in [0.05, 0.1) is 17.1 Å². The van der Waals surface area contributed by atoms with E-state index >= 15 is 0 Å². The second kappa shape index (κ2) is 9.54. The highest BCUT2D eigenvalue weighted by atomic mass is 32.2. The number of benzene rings is 3. The number of nitrogens with one attached hydrogen (secondary N) is 1. The molecule has 0 aromatic heterocycles. The average Bonchev–Trinajstić information content (AvgIpc) is 2.85. The number of halogens is 2. The SMILES string of the molecule is CC1(C)Oc2ccc(C(=O)NS(=O)(=O)c3ccc(F)cc3)cc2[C@@H]2O[C@H](Cc3ccc(F)cc3)CC[C@H]21. The Morgan fingerprint density at radius 1 is 0.973 bits per heavy atom. The van der Waals surface area contributed by atoms with Crippen LogP contribution in [0.3, 0.4) is 0 Å². The molecule has 3 aromatic carbocycles. The monoisotopic (exact) mass is 527 g/mol. The smallest absolute Gasteiger partial charge is 0.265 e. The molecule has 194 valence electrons. The average molecular weight is 528 g/mol. The number of hydrogen-bond acceptors (Lipinski definition) is 5. The third-order valence-corrected chi connectivity index (χ3v) is 8.42. The quantitative estimate of drug-likeness (QED) is 0.485. The molecule has 1 amide bonds. The number of fused-ring (bicyclic) bond motifs is 3. The molecule has 3 atom stereocenters. The maximum atomic E-state index is 13.3. The van der Waals surface area contributed by atoms with E-state index in [9.17, 15) is 22.0 Å². The molecule has 37 heavy (non-hydrogen) atoms. The van der Waals surface area contributed by atoms with Crippen molar-refractivity contribution in [2.45, 2.75) is 55.8 Å². The van der Waals surface area contributed by atoms with Crippen molar-refractivity contribution < 1.29 is 31.5 Å². The van der Waals surface area contributed by atoms with Gasteiger partial charge in [0.15, 0.2) is 0 Å². The van der Waals surface area contributed by atoms with Crippen molar-refractivity contribution in [3.8, 4) is 5.75 Å². The van der Waals surface area contributed by atoms with Crippen molar-refractivity contribution in [1.82, 2.24) is 4.72 Å². The molecule has 0 bridgehead atoms. The van der Waals surface area contributed by atoms with Crippen LogP contribution in [0.5, 0.6) is 5.75 Å². The Hall–Kier alpha value is -3.30. The van der Waals surface area contributed by atoms with Crippen LogP contribution in [-0.2, 0) is 21.2 Å². The minimum atomic E-state index is -4.19. The van der Waals surface area contributed by atoms with Gasteiger partial charge in [0.25, 0.3) is 15.9 Å². The summed E-state index contributed by atoms with van der Waals surface area (Å²) in [7, 11) is -4.19. The molecule has 2 aliphatic rings. The first-order valence-corrected chi connectivity index (χ1v) is 13.6. The first kappa shape index (κ1) is 25.4. The van der Waals surface area contributed by atoms with Gasteiger partial charge in [-0.2, -0.15) is 0 Å². The molecule has 2 aliphatic heterocycles. The van der Waals surface area contributed by atoms with Crippen molar-refractivity contribution in [3.05, 3.63) is 95.1 Å². The number of sulfonamides is 1. The highest BCUT2D eigenvalue weighted by molar-refractivity contribution is 7.90. The first-order chi connectivity index (χ1) is 17.5. The van der Waals surface area contributed by atoms with Crippen LogP contribution in [0.2, 0.25) is 0 Å². The Morgan fingerprint density at radius 3 is 2.30 bits per heavy atom. The van der Waals surface area contributed by atoms with E-state index in [1.807, 2.05) is 18.6 Å². The third-order valence-electron chi connectivity index (χ3n) is 7.08. The summed E-state index contributed by atoms with van der Waals surface area (Å²) >= 11 is 0. The number of carbonyl (C=O) groups is 1. The molecule has 1 fully saturated rings. The fraction of sp³-hybridized carbons (Fsp3) is 0.321. The van der Waals surface area contributed by atoms with Gasteiger partial charge >= 0.3 is 0 Å². The van der Waals surface area contributed by atoms with Crippen LogP contribution in [0.4, 0.5) is 8.78 Å². The van der Waals surface area contributed by atoms with Gasteiger partial charge < -0.3 is 9.47 Å². The van der Waals surface area contributed by atoms with Crippen LogP contribution in [0.25, 0.3) is 0 Å². The minimum absolute atomic E-state index is 0.0192. The lowest BCUT2D eigenvalue weighted by Gasteiger charge is -2.49. The normalized spacial score (nSPS) is 22.3. The van der Waals surface area contributed by atoms with Crippen LogP contribution in [0.15, 0.2) is 71.6 Å². The van der Waals surface area contributed by atoms with Gasteiger partial charge in [-0.1, -0.05) is 12.1 Å². The topological polar surface area (TPSA) is 81.7 Å². The van der Waals surface area contributed by atoms with E-state index in [1.54, 1.807) is 24.3 Å². The lowest BCUT2D eigenvalue weighted by atomic mass is 9.74. The largest absolute Gasteiger partial charge is 0.487 e. The Labute approximate surface area is 214 Å². The second-order valence-corrected chi connectivity index (χ2v) is 11.7. The zero-order valence-electron chi connectivity index (χ0n) is 20.4. The first-order valence-electron chi connectivity index (χ1n) is 12.1. The van der Waals surface area contributed by atoms with E-state index in [-0.39, 0.29) is 34.4 Å². The molecular weight excluding hydrogens is 500 g/mol. The Bertz CT molecular complexity index is 1420. The van der Waals surface area contributed by atoms with E-state index in [1.165, 1.54) is 18.2 Å². The zero-order chi connectivity index (χ0) is 26.4. The van der Waals surface area contributed by atoms with E-state index < -0.39 is 27.3 Å². The molecule has 1 N–H and O–H groups in total. The molecule has 3 aromatic rings. The standard InChI is InChI=1S/C28H27F2NO5S/c1-28(2)24-13-10-21(15-17-3-6-19(29)7-4-17)35-26(24)23-16-18(5-14-25(23)36-28)27(32)31-37(33,34)22-11-8-20(30)9-12-22/h3-9,11-12,14,16,21,24,26H,10,13,15H2,1-2H3,(H,31,32)/t21-,24+,26-/m0/s1. The molecule has 0 unspecified atom stereocenters. The molecule has 9 heteroatoms. The van der Waals surface area contributed by atoms with Crippen molar-refractivity contribution in [2.24, 2.45) is 5.92 Å². The van der Waals surface area contributed by atoms with Crippen molar-refractivity contribution in [2.75, 3.05) is 0 Å². The van der Waals surface area contributed by atoms with Crippen LogP contribution in [-0.4, -0.2) is 26.0 Å². The van der Waals surface area contributed by atoms with Crippen LogP contribution < -0.4 is 9.46 Å². The Morgan fingerprint density at radius 2 is 1.62 bits per heavy atom. The van der Waals surface area contributed by atoms with Gasteiger partial charge in [0.2, 0.25) is 0 Å². The predicted molar refractivity (Wildman–Crippen MR) is 133 cm³/mol. The minimum Gasteiger partial charge on any atom is -0.487 e. The maximum absolute atomic E-state index is 13.3. The summed E-state index contributed by atoms with van der Waals surface area (Å²) in [6, 6.07) is 15.3. The summed E-state index contributed by atoms with van der Waals surface area (Å²) < 4.78 is 66.7. The second-order valence-electron chi connectivity index (χ2n) is 10.0. The van der Waals surface area contributed by atoms with Gasteiger partial charge in [0.1, 0.15) is 23.0 Å². The zero-order valence-corrected chi connectivity index (χ0v) is 21.2. The van der Waals surface area contributed by atoms with Crippen LogP contribution in [0, 0.1) is 17.6 Å². The summed E-state index contributed by atoms with van der Waals surface area (Å²) in [6.45, 7) is 4.01. The van der Waals surface area contributed by atoms with Gasteiger partial charge in [-0.3, -0.25) is 4.79 Å². The van der Waals surface area contributed by atoms with E-state index in [4.69, 9.17) is 9.47 Å². The number of hydrogen-bond donors (Lipinski definition) is 1. The predicted octanol–water partition coefficient (Wildman–Crippen LogP) is 5.33. The molecular formula is C28H27F2NO5S. The number of carbonyl (C=O) groups excluding carboxylic acids is 1. The van der Waals surface area contributed by atoms with Crippen molar-refractivity contribution in [1.29, 1.82) is 0 Å². The number of rotatable bonds is 5. The summed E-state index contributed by atoms with van der Waals surface area (Å²) in [5.74, 6) is -1.09. The molecule has 6 nitrogen and oxygen atoms in total. The van der Waals surface area contributed by atoms with Crippen LogP contribution >= 0.6 is 0 Å². The van der Waals surface area contributed by atoms with Gasteiger partial charge in [0, 0.05) is 17.0 Å². The van der Waals surface area contributed by atoms with Crippen LogP contribution in [0.1, 0.15) is 54.3 Å². The summed E-state index contributed by atoms with van der Waals surface area (Å²) in [5.41, 5.74) is 1.28. The third kappa shape index (κ3) is 5.24. The maximum Gasteiger partial charge on any atom is 0.265 e. The highest BCUT2D eigenvalue weighted by Gasteiger charge is 2.47. The summed E-state index contributed by atoms with van der Waals surface area (Å²) in [4.78, 5) is 12.7. The lowest BCUT2D eigenvalue weighted by Crippen LogP contribution is -2.48. The van der Waals surface area contributed by atoms with Crippen molar-refractivity contribution in [3.63, 3.8) is 0 Å². The molecule has 0 radical (unpaired) electrons. The molecule has 2 heterocycles. The number of amides is 1. The van der Waals surface area contributed by atoms with Gasteiger partial charge in [-0.25, -0.2) is 21.9 Å². The summed E-state index contributed by atoms with van der Waals surface area (Å²) in [6.07, 6.45) is 1.79. The molecule has 0 saturated carbocycles. The van der Waals surface area contributed by atoms with Gasteiger partial charge in [-0.05, 0) is 93.3 Å². The molecule has 1 saturated heterocycles. The van der Waals surface area contributed by atoms with E-state index in [2.05, 4.69) is 0 Å². The Kier molecular flexibility index (Phi) is 6.53. The molecule has 0 spiro atoms. The van der Waals surface area contributed by atoms with Gasteiger partial charge in [-0.15, -0.1) is 0 Å². The number of ether oxygens (including phenoxy) is 2. The fourth-order valence-electron chi connectivity index (χ4n) is 5.14. The van der Waals surface area contributed by atoms with E-state index in [0.29, 0.717) is 17.7 Å². The lowest BCUT2D eigenvalue weighted by molar-refractivity contribution is -0.149. The Balaban J connectivity index is 1.40. The molecule has 5 rings (SSSR count). The highest BCUT2D eigenvalue weighted by Crippen LogP contribution is 2.51.